The fourth-order valence-electron chi connectivity index (χ4n) is 8.21. The first-order valence-electron chi connectivity index (χ1n) is 24.1. The van der Waals surface area contributed by atoms with E-state index in [2.05, 4.69) is 86.6 Å². The molecule has 6 aromatic carbocycles. The van der Waals surface area contributed by atoms with E-state index in [4.69, 9.17) is 29.9 Å². The van der Waals surface area contributed by atoms with Gasteiger partial charge in [-0.25, -0.2) is 0 Å². The molecule has 0 aromatic heterocycles. The summed E-state index contributed by atoms with van der Waals surface area (Å²) in [4.78, 5) is 0. The summed E-state index contributed by atoms with van der Waals surface area (Å²) in [6.45, 7) is 6.03. The fraction of sp³-hybridized carbons (Fsp3) is 0.429. The third-order valence-electron chi connectivity index (χ3n) is 11.8. The molecule has 0 N–H and O–H groups in total. The van der Waals surface area contributed by atoms with Crippen molar-refractivity contribution in [2.75, 3.05) is 13.2 Å². The molecule has 0 amide bonds. The van der Waals surface area contributed by atoms with Crippen molar-refractivity contribution in [2.24, 2.45) is 20.5 Å². The predicted octanol–water partition coefficient (Wildman–Crippen LogP) is 19.1. The lowest BCUT2D eigenvalue weighted by Gasteiger charge is -2.15. The van der Waals surface area contributed by atoms with E-state index in [-0.39, 0.29) is 0 Å². The number of hydrogen-bond donors (Lipinski definition) is 0. The summed E-state index contributed by atoms with van der Waals surface area (Å²) in [6, 6.07) is 41.1. The van der Waals surface area contributed by atoms with Crippen LogP contribution in [0.2, 0.25) is 0 Å². The van der Waals surface area contributed by atoms with Gasteiger partial charge in [0.25, 0.3) is 0 Å². The van der Waals surface area contributed by atoms with Crippen LogP contribution in [-0.4, -0.2) is 13.2 Å². The van der Waals surface area contributed by atoms with Crippen LogP contribution in [0.1, 0.15) is 142 Å². The van der Waals surface area contributed by atoms with Gasteiger partial charge in [0, 0.05) is 11.1 Å². The van der Waals surface area contributed by atoms with Gasteiger partial charge in [0.15, 0.2) is 0 Å². The van der Waals surface area contributed by atoms with Crippen molar-refractivity contribution in [1.29, 1.82) is 0 Å². The Hall–Kier alpha value is -5.36. The van der Waals surface area contributed by atoms with Crippen LogP contribution in [0, 0.1) is 0 Å². The fourth-order valence-corrected chi connectivity index (χ4v) is 8.21. The smallest absolute Gasteiger partial charge is 0.119 e. The molecule has 0 unspecified atom stereocenters. The summed E-state index contributed by atoms with van der Waals surface area (Å²) < 4.78 is 12.2. The Kier molecular flexibility index (Phi) is 20.0. The highest BCUT2D eigenvalue weighted by Crippen LogP contribution is 2.46. The number of hydrogen-bond acceptors (Lipinski definition) is 6. The van der Waals surface area contributed by atoms with Gasteiger partial charge in [-0.3, -0.25) is 0 Å². The number of benzene rings is 6. The zero-order chi connectivity index (χ0) is 42.9. The minimum Gasteiger partial charge on any atom is -0.494 e. The number of unbranched alkanes of at least 4 members (excludes halogenated alkanes) is 18. The Bertz CT molecular complexity index is 2090. The van der Waals surface area contributed by atoms with Crippen LogP contribution in [0.4, 0.5) is 22.7 Å². The second-order valence-corrected chi connectivity index (χ2v) is 16.8. The molecule has 0 aliphatic carbocycles. The Balaban J connectivity index is 1.10. The zero-order valence-electron chi connectivity index (χ0n) is 37.7. The minimum absolute atomic E-state index is 0.738. The molecule has 6 heteroatoms. The molecule has 0 heterocycles. The standard InChI is InChI=1S/C56H70N4O2/c1-3-5-7-9-11-13-15-17-19-25-43-61-49-37-33-47(34-38-49)57-59-53-41-31-45-27-21-23-29-51(45)55(53)56-52-30-24-22-28-46(52)32-42-54(56)60-58-48-35-39-50(40-36-48)62-44-26-20-18-16-14-12-10-8-6-4-2/h21-24,27-42H,3-20,25-26,43-44H2,1-2H3. The number of ether oxygens (including phenoxy) is 2. The van der Waals surface area contributed by atoms with Crippen molar-refractivity contribution < 1.29 is 9.47 Å². The molecule has 0 saturated heterocycles. The minimum atomic E-state index is 0.738. The van der Waals surface area contributed by atoms with Gasteiger partial charge in [0.05, 0.1) is 36.0 Å². The molecule has 0 spiro atoms. The molecule has 0 atom stereocenters. The highest BCUT2D eigenvalue weighted by atomic mass is 16.5. The van der Waals surface area contributed by atoms with Crippen molar-refractivity contribution in [1.82, 2.24) is 0 Å². The molecule has 62 heavy (non-hydrogen) atoms. The first-order valence-corrected chi connectivity index (χ1v) is 24.1. The van der Waals surface area contributed by atoms with Crippen molar-refractivity contribution in [3.05, 3.63) is 121 Å². The summed E-state index contributed by atoms with van der Waals surface area (Å²) >= 11 is 0. The molecule has 6 rings (SSSR count). The van der Waals surface area contributed by atoms with Crippen LogP contribution < -0.4 is 9.47 Å². The largest absolute Gasteiger partial charge is 0.494 e. The van der Waals surface area contributed by atoms with Crippen molar-refractivity contribution in [3.8, 4) is 22.6 Å². The van der Waals surface area contributed by atoms with Gasteiger partial charge in [-0.05, 0) is 95.1 Å². The molecule has 0 aliphatic rings. The van der Waals surface area contributed by atoms with Gasteiger partial charge in [-0.15, -0.1) is 10.2 Å². The van der Waals surface area contributed by atoms with E-state index in [0.717, 1.165) is 93.0 Å². The normalized spacial score (nSPS) is 11.7. The van der Waals surface area contributed by atoms with Gasteiger partial charge >= 0.3 is 0 Å². The van der Waals surface area contributed by atoms with Crippen LogP contribution in [0.25, 0.3) is 32.7 Å². The molecule has 0 aliphatic heterocycles. The maximum Gasteiger partial charge on any atom is 0.119 e. The zero-order valence-corrected chi connectivity index (χ0v) is 37.7. The van der Waals surface area contributed by atoms with E-state index < -0.39 is 0 Å². The van der Waals surface area contributed by atoms with E-state index in [1.165, 1.54) is 116 Å². The van der Waals surface area contributed by atoms with Gasteiger partial charge < -0.3 is 9.47 Å². The third kappa shape index (κ3) is 14.9. The van der Waals surface area contributed by atoms with Crippen molar-refractivity contribution in [3.63, 3.8) is 0 Å². The summed E-state index contributed by atoms with van der Waals surface area (Å²) in [5.74, 6) is 1.73. The lowest BCUT2D eigenvalue weighted by Crippen LogP contribution is -1.96. The highest BCUT2D eigenvalue weighted by Gasteiger charge is 2.18. The second kappa shape index (κ2) is 26.9. The van der Waals surface area contributed by atoms with E-state index >= 15 is 0 Å². The Morgan fingerprint density at radius 1 is 0.323 bits per heavy atom. The molecule has 6 aromatic rings. The molecule has 0 radical (unpaired) electrons. The lowest BCUT2D eigenvalue weighted by atomic mass is 9.91. The number of azo groups is 2. The van der Waals surface area contributed by atoms with Crippen LogP contribution in [0.5, 0.6) is 11.5 Å². The molecule has 0 saturated carbocycles. The summed E-state index contributed by atoms with van der Waals surface area (Å²) in [5, 5.41) is 23.7. The summed E-state index contributed by atoms with van der Waals surface area (Å²) in [7, 11) is 0. The van der Waals surface area contributed by atoms with E-state index in [9.17, 15) is 0 Å². The van der Waals surface area contributed by atoms with Crippen molar-refractivity contribution in [2.45, 2.75) is 142 Å². The van der Waals surface area contributed by atoms with Gasteiger partial charge in [-0.1, -0.05) is 190 Å². The average Bonchev–Trinajstić information content (AvgIpc) is 3.31. The predicted molar refractivity (Wildman–Crippen MR) is 263 cm³/mol. The van der Waals surface area contributed by atoms with E-state index in [1.807, 2.05) is 48.5 Å². The second-order valence-electron chi connectivity index (χ2n) is 16.8. The Morgan fingerprint density at radius 2 is 0.661 bits per heavy atom. The molecule has 326 valence electrons. The molecule has 0 fully saturated rings. The SMILES string of the molecule is CCCCCCCCCCCCOc1ccc(N=Nc2ccc3ccccc3c2-c2c(N=Nc3ccc(OCCCCCCCCCCCC)cc3)ccc3ccccc23)cc1. The maximum atomic E-state index is 6.08. The molecule has 0 bridgehead atoms. The first-order chi connectivity index (χ1) is 30.7. The lowest BCUT2D eigenvalue weighted by molar-refractivity contribution is 0.304. The molecule has 6 nitrogen and oxygen atoms in total. The topological polar surface area (TPSA) is 67.9 Å². The third-order valence-corrected chi connectivity index (χ3v) is 11.8. The first kappa shape index (κ1) is 46.2. The van der Waals surface area contributed by atoms with Gasteiger partial charge in [-0.2, -0.15) is 10.2 Å². The number of fused-ring (bicyclic) bond motifs is 2. The molecular formula is C56H70N4O2. The maximum absolute atomic E-state index is 6.08. The van der Waals surface area contributed by atoms with Gasteiger partial charge in [0.1, 0.15) is 11.5 Å². The van der Waals surface area contributed by atoms with Crippen LogP contribution in [0.15, 0.2) is 142 Å². The van der Waals surface area contributed by atoms with Crippen LogP contribution in [-0.2, 0) is 0 Å². The highest BCUT2D eigenvalue weighted by molar-refractivity contribution is 6.12. The van der Waals surface area contributed by atoms with Gasteiger partial charge in [0.2, 0.25) is 0 Å². The quantitative estimate of drug-likeness (QED) is 0.0349. The Morgan fingerprint density at radius 3 is 1.03 bits per heavy atom. The molecular weight excluding hydrogens is 761 g/mol. The van der Waals surface area contributed by atoms with E-state index in [0.29, 0.717) is 0 Å². The van der Waals surface area contributed by atoms with Crippen molar-refractivity contribution >= 4 is 44.3 Å². The number of rotatable bonds is 29. The summed E-state index contributed by atoms with van der Waals surface area (Å²) in [6.07, 6.45) is 26.3. The van der Waals surface area contributed by atoms with E-state index in [1.54, 1.807) is 0 Å². The average molecular weight is 831 g/mol. The van der Waals surface area contributed by atoms with Crippen LogP contribution in [0.3, 0.4) is 0 Å². The monoisotopic (exact) mass is 831 g/mol. The summed E-state index contributed by atoms with van der Waals surface area (Å²) in [5.41, 5.74) is 5.02. The Labute approximate surface area is 372 Å². The number of nitrogens with zero attached hydrogens (tertiary/aromatic N) is 4. The van der Waals surface area contributed by atoms with Crippen LogP contribution >= 0.6 is 0 Å².